The monoisotopic (exact) mass is 328 g/mol. The minimum absolute atomic E-state index is 0.0396. The summed E-state index contributed by atoms with van der Waals surface area (Å²) in [6.07, 6.45) is 1.32. The Labute approximate surface area is 137 Å². The molecule has 0 N–H and O–H groups in total. The number of benzene rings is 1. The average molecular weight is 328 g/mol. The maximum absolute atomic E-state index is 12.8. The van der Waals surface area contributed by atoms with Gasteiger partial charge in [0.15, 0.2) is 0 Å². The maximum Gasteiger partial charge on any atom is 0.374 e. The van der Waals surface area contributed by atoms with Crippen molar-refractivity contribution < 1.29 is 23.1 Å². The molecule has 6 heteroatoms. The Kier molecular flexibility index (Phi) is 4.12. The molecule has 0 unspecified atom stereocenters. The van der Waals surface area contributed by atoms with E-state index in [1.165, 1.54) is 12.3 Å². The van der Waals surface area contributed by atoms with Crippen LogP contribution in [0.4, 0.5) is 0 Å². The molecule has 2 aromatic heterocycles. The number of ether oxygens (including phenoxy) is 2. The SMILES string of the molecule is CCOC(=O)c1ccc(-c2coc3cc(OC)cc(C)c3c2=O)o1. The third kappa shape index (κ3) is 2.67. The normalized spacial score (nSPS) is 10.8. The molecule has 0 amide bonds. The molecule has 3 aromatic rings. The number of aryl methyl sites for hydroxylation is 1. The summed E-state index contributed by atoms with van der Waals surface area (Å²) >= 11 is 0. The topological polar surface area (TPSA) is 78.9 Å². The molecule has 0 aliphatic rings. The first kappa shape index (κ1) is 15.9. The van der Waals surface area contributed by atoms with Gasteiger partial charge in [-0.1, -0.05) is 0 Å². The minimum Gasteiger partial charge on any atom is -0.497 e. The molecule has 124 valence electrons. The van der Waals surface area contributed by atoms with Gasteiger partial charge in [-0.15, -0.1) is 0 Å². The largest absolute Gasteiger partial charge is 0.497 e. The number of carbonyl (C=O) groups excluding carboxylic acids is 1. The number of furan rings is 1. The van der Waals surface area contributed by atoms with Gasteiger partial charge >= 0.3 is 5.97 Å². The summed E-state index contributed by atoms with van der Waals surface area (Å²) in [5.74, 6) is 0.329. The summed E-state index contributed by atoms with van der Waals surface area (Å²) in [4.78, 5) is 24.5. The second-order valence-electron chi connectivity index (χ2n) is 5.18. The fraction of sp³-hybridized carbons (Fsp3) is 0.222. The predicted octanol–water partition coefficient (Wildman–Crippen LogP) is 3.55. The van der Waals surface area contributed by atoms with Crippen LogP contribution in [-0.4, -0.2) is 19.7 Å². The first-order valence-corrected chi connectivity index (χ1v) is 7.42. The van der Waals surface area contributed by atoms with Gasteiger partial charge in [-0.05, 0) is 37.6 Å². The van der Waals surface area contributed by atoms with Crippen molar-refractivity contribution in [3.63, 3.8) is 0 Å². The Morgan fingerprint density at radius 2 is 2.04 bits per heavy atom. The van der Waals surface area contributed by atoms with Crippen molar-refractivity contribution in [2.45, 2.75) is 13.8 Å². The highest BCUT2D eigenvalue weighted by atomic mass is 16.5. The molecule has 6 nitrogen and oxygen atoms in total. The number of hydrogen-bond acceptors (Lipinski definition) is 6. The first-order chi connectivity index (χ1) is 11.5. The van der Waals surface area contributed by atoms with Gasteiger partial charge in [-0.25, -0.2) is 4.79 Å². The highest BCUT2D eigenvalue weighted by Gasteiger charge is 2.18. The lowest BCUT2D eigenvalue weighted by atomic mass is 10.1. The van der Waals surface area contributed by atoms with Crippen molar-refractivity contribution in [2.75, 3.05) is 13.7 Å². The van der Waals surface area contributed by atoms with Crippen molar-refractivity contribution in [3.8, 4) is 17.1 Å². The van der Waals surface area contributed by atoms with Gasteiger partial charge in [-0.2, -0.15) is 0 Å². The van der Waals surface area contributed by atoms with E-state index in [4.69, 9.17) is 18.3 Å². The van der Waals surface area contributed by atoms with Gasteiger partial charge in [-0.3, -0.25) is 4.79 Å². The zero-order chi connectivity index (χ0) is 17.3. The zero-order valence-electron chi connectivity index (χ0n) is 13.5. The average Bonchev–Trinajstić information content (AvgIpc) is 3.04. The van der Waals surface area contributed by atoms with Crippen LogP contribution >= 0.6 is 0 Å². The summed E-state index contributed by atoms with van der Waals surface area (Å²) in [6, 6.07) is 6.43. The van der Waals surface area contributed by atoms with Crippen LogP contribution in [-0.2, 0) is 4.74 Å². The second kappa shape index (κ2) is 6.23. The van der Waals surface area contributed by atoms with Crippen LogP contribution in [0, 0.1) is 6.92 Å². The molecule has 0 radical (unpaired) electrons. The third-order valence-electron chi connectivity index (χ3n) is 3.63. The van der Waals surface area contributed by atoms with Gasteiger partial charge in [0.2, 0.25) is 11.2 Å². The molecule has 0 spiro atoms. The van der Waals surface area contributed by atoms with Crippen LogP contribution in [0.25, 0.3) is 22.3 Å². The van der Waals surface area contributed by atoms with Crippen molar-refractivity contribution in [1.82, 2.24) is 0 Å². The zero-order valence-corrected chi connectivity index (χ0v) is 13.5. The third-order valence-corrected chi connectivity index (χ3v) is 3.63. The van der Waals surface area contributed by atoms with E-state index in [0.717, 1.165) is 5.56 Å². The highest BCUT2D eigenvalue weighted by Crippen LogP contribution is 2.27. The van der Waals surface area contributed by atoms with Crippen LogP contribution < -0.4 is 10.2 Å². The number of fused-ring (bicyclic) bond motifs is 1. The van der Waals surface area contributed by atoms with Crippen LogP contribution in [0.15, 0.2) is 44.2 Å². The van der Waals surface area contributed by atoms with Gasteiger partial charge in [0.1, 0.15) is 28.9 Å². The van der Waals surface area contributed by atoms with E-state index in [1.807, 2.05) is 0 Å². The molecule has 0 aliphatic carbocycles. The van der Waals surface area contributed by atoms with Crippen molar-refractivity contribution in [3.05, 3.63) is 52.1 Å². The molecule has 0 saturated heterocycles. The summed E-state index contributed by atoms with van der Waals surface area (Å²) in [7, 11) is 1.55. The molecule has 2 heterocycles. The lowest BCUT2D eigenvalue weighted by Gasteiger charge is -2.06. The van der Waals surface area contributed by atoms with E-state index in [0.29, 0.717) is 16.7 Å². The number of carbonyl (C=O) groups is 1. The summed E-state index contributed by atoms with van der Waals surface area (Å²) in [6.45, 7) is 3.75. The van der Waals surface area contributed by atoms with Crippen molar-refractivity contribution in [2.24, 2.45) is 0 Å². The van der Waals surface area contributed by atoms with E-state index in [1.54, 1.807) is 39.2 Å². The summed E-state index contributed by atoms with van der Waals surface area (Å²) in [5, 5.41) is 0.447. The Balaban J connectivity index is 2.11. The number of methoxy groups -OCH3 is 1. The lowest BCUT2D eigenvalue weighted by Crippen LogP contribution is -2.06. The predicted molar refractivity (Wildman–Crippen MR) is 87.4 cm³/mol. The molecular formula is C18H16O6. The van der Waals surface area contributed by atoms with E-state index in [9.17, 15) is 9.59 Å². The Bertz CT molecular complexity index is 963. The fourth-order valence-corrected chi connectivity index (χ4v) is 2.50. The van der Waals surface area contributed by atoms with Gasteiger partial charge in [0.05, 0.1) is 19.1 Å². The van der Waals surface area contributed by atoms with Gasteiger partial charge in [0.25, 0.3) is 0 Å². The molecule has 0 bridgehead atoms. The van der Waals surface area contributed by atoms with Gasteiger partial charge < -0.3 is 18.3 Å². The molecule has 0 atom stereocenters. The summed E-state index contributed by atoms with van der Waals surface area (Å²) in [5.41, 5.74) is 1.17. The van der Waals surface area contributed by atoms with E-state index < -0.39 is 5.97 Å². The summed E-state index contributed by atoms with van der Waals surface area (Å²) < 4.78 is 21.1. The van der Waals surface area contributed by atoms with E-state index >= 15 is 0 Å². The van der Waals surface area contributed by atoms with E-state index in [2.05, 4.69) is 0 Å². The van der Waals surface area contributed by atoms with Crippen LogP contribution in [0.3, 0.4) is 0 Å². The van der Waals surface area contributed by atoms with Crippen molar-refractivity contribution in [1.29, 1.82) is 0 Å². The van der Waals surface area contributed by atoms with Crippen LogP contribution in [0.5, 0.6) is 5.75 Å². The minimum atomic E-state index is -0.574. The maximum atomic E-state index is 12.8. The molecule has 3 rings (SSSR count). The van der Waals surface area contributed by atoms with Crippen LogP contribution in [0.1, 0.15) is 23.0 Å². The Morgan fingerprint density at radius 1 is 1.25 bits per heavy atom. The molecule has 1 aromatic carbocycles. The second-order valence-corrected chi connectivity index (χ2v) is 5.18. The quantitative estimate of drug-likeness (QED) is 0.682. The van der Waals surface area contributed by atoms with Crippen molar-refractivity contribution >= 4 is 16.9 Å². The molecule has 24 heavy (non-hydrogen) atoms. The molecule has 0 fully saturated rings. The molecule has 0 saturated carbocycles. The number of hydrogen-bond donors (Lipinski definition) is 0. The lowest BCUT2D eigenvalue weighted by molar-refractivity contribution is 0.0491. The van der Waals surface area contributed by atoms with Crippen LogP contribution in [0.2, 0.25) is 0 Å². The Hall–Kier alpha value is -3.02. The standard InChI is InChI=1S/C18H16O6/c1-4-22-18(20)14-6-5-13(24-14)12-9-23-15-8-11(21-3)7-10(2)16(15)17(12)19/h5-9H,4H2,1-3H3. The van der Waals surface area contributed by atoms with Gasteiger partial charge in [0, 0.05) is 6.07 Å². The number of esters is 1. The van der Waals surface area contributed by atoms with E-state index in [-0.39, 0.29) is 29.1 Å². The fourth-order valence-electron chi connectivity index (χ4n) is 2.50. The number of rotatable bonds is 4. The Morgan fingerprint density at radius 3 is 2.75 bits per heavy atom. The first-order valence-electron chi connectivity index (χ1n) is 7.42. The molecular weight excluding hydrogens is 312 g/mol. The smallest absolute Gasteiger partial charge is 0.374 e. The highest BCUT2D eigenvalue weighted by molar-refractivity contribution is 5.88. The molecule has 0 aliphatic heterocycles.